The molecule has 2 aromatic heterocycles. The Hall–Kier alpha value is -4.55. The van der Waals surface area contributed by atoms with Crippen LogP contribution in [0.3, 0.4) is 0 Å². The van der Waals surface area contributed by atoms with Crippen molar-refractivity contribution in [3.63, 3.8) is 0 Å². The second-order valence-corrected chi connectivity index (χ2v) is 12.9. The minimum absolute atomic E-state index is 0.0676. The number of aromatic nitrogens is 4. The van der Waals surface area contributed by atoms with Crippen molar-refractivity contribution >= 4 is 41.4 Å². The number of nitrogens with two attached hydrogens (primary N) is 1. The molecule has 5 atom stereocenters. The van der Waals surface area contributed by atoms with Crippen LogP contribution in [0.25, 0.3) is 21.9 Å². The van der Waals surface area contributed by atoms with E-state index in [0.29, 0.717) is 11.1 Å². The van der Waals surface area contributed by atoms with Crippen molar-refractivity contribution < 1.29 is 33.0 Å². The summed E-state index contributed by atoms with van der Waals surface area (Å²) < 4.78 is 39.4. The molecule has 0 aliphatic carbocycles. The number of rotatable bonds is 11. The van der Waals surface area contributed by atoms with Gasteiger partial charge >= 0.3 is 13.6 Å². The maximum absolute atomic E-state index is 14.4. The molecule has 1 aliphatic rings. The summed E-state index contributed by atoms with van der Waals surface area (Å²) in [6, 6.07) is 22.0. The molecule has 13 nitrogen and oxygen atoms in total. The number of nitrogens with zero attached hydrogens (tertiary/aromatic N) is 3. The van der Waals surface area contributed by atoms with E-state index in [1.807, 2.05) is 60.7 Å². The van der Waals surface area contributed by atoms with Crippen molar-refractivity contribution in [2.75, 3.05) is 18.5 Å². The van der Waals surface area contributed by atoms with Gasteiger partial charge in [-0.05, 0) is 17.0 Å². The molecule has 0 radical (unpaired) electrons. The number of carbonyl (C=O) groups excluding carboxylic acids is 1. The number of aliphatic hydroxyl groups excluding tert-OH is 1. The van der Waals surface area contributed by atoms with Gasteiger partial charge in [0.1, 0.15) is 24.7 Å². The number of ether oxygens (including phenoxy) is 2. The summed E-state index contributed by atoms with van der Waals surface area (Å²) in [6.45, 7) is 1.35. The summed E-state index contributed by atoms with van der Waals surface area (Å²) in [5, 5.41) is 12.4. The van der Waals surface area contributed by atoms with Crippen LogP contribution in [0, 0.1) is 5.92 Å². The molecule has 3 aromatic carbocycles. The average molecular weight is 634 g/mol. The summed E-state index contributed by atoms with van der Waals surface area (Å²) >= 11 is 0. The van der Waals surface area contributed by atoms with E-state index in [9.17, 15) is 19.3 Å². The van der Waals surface area contributed by atoms with Gasteiger partial charge in [0.15, 0.2) is 11.2 Å². The van der Waals surface area contributed by atoms with E-state index in [1.54, 1.807) is 19.1 Å². The van der Waals surface area contributed by atoms with Gasteiger partial charge in [-0.2, -0.15) is 4.98 Å². The van der Waals surface area contributed by atoms with E-state index in [0.717, 1.165) is 10.9 Å². The lowest BCUT2D eigenvalue weighted by atomic mass is 10.1. The fraction of sp³-hybridized carbons (Fsp3) is 0.290. The zero-order chi connectivity index (χ0) is 31.6. The minimum Gasteiger partial charge on any atom is -0.461 e. The molecule has 45 heavy (non-hydrogen) atoms. The molecule has 1 saturated heterocycles. The van der Waals surface area contributed by atoms with Crippen LogP contribution in [0.5, 0.6) is 5.75 Å². The highest BCUT2D eigenvalue weighted by Gasteiger charge is 2.40. The molecule has 0 bridgehead atoms. The van der Waals surface area contributed by atoms with Crippen LogP contribution in [0.15, 0.2) is 83.9 Å². The van der Waals surface area contributed by atoms with Crippen molar-refractivity contribution in [3.8, 4) is 5.75 Å². The Labute approximate surface area is 257 Å². The molecular formula is C31H32N5O8P. The zero-order valence-electron chi connectivity index (χ0n) is 24.3. The second kappa shape index (κ2) is 12.8. The van der Waals surface area contributed by atoms with Crippen molar-refractivity contribution in [1.82, 2.24) is 19.5 Å². The molecule has 3 heterocycles. The first-order valence-electron chi connectivity index (χ1n) is 14.4. The van der Waals surface area contributed by atoms with Crippen molar-refractivity contribution in [1.29, 1.82) is 0 Å². The van der Waals surface area contributed by atoms with E-state index in [4.69, 9.17) is 24.3 Å². The molecule has 0 spiro atoms. The van der Waals surface area contributed by atoms with Crippen LogP contribution in [0.4, 0.5) is 5.95 Å². The quantitative estimate of drug-likeness (QED) is 0.140. The van der Waals surface area contributed by atoms with Crippen molar-refractivity contribution in [2.24, 2.45) is 5.92 Å². The number of aromatic amines is 1. The number of hydrogen-bond acceptors (Lipinski definition) is 11. The molecule has 5 aromatic rings. The number of anilines is 1. The van der Waals surface area contributed by atoms with Crippen LogP contribution in [0.1, 0.15) is 25.1 Å². The molecule has 2 unspecified atom stereocenters. The van der Waals surface area contributed by atoms with Crippen molar-refractivity contribution in [3.05, 3.63) is 95.0 Å². The van der Waals surface area contributed by atoms with E-state index in [2.05, 4.69) is 15.0 Å². The van der Waals surface area contributed by atoms with Crippen LogP contribution in [-0.2, 0) is 30.0 Å². The van der Waals surface area contributed by atoms with E-state index < -0.39 is 43.5 Å². The van der Waals surface area contributed by atoms with E-state index >= 15 is 0 Å². The summed E-state index contributed by atoms with van der Waals surface area (Å²) in [5.74, 6) is -1.17. The SMILES string of the molecule is C[C@H](CP(=O)(OC[C@H]1O[C@@H](n2cnc3c(=O)[nH]c(N)nc32)CC1O)Oc1cccc2ccccc12)C(=O)OCc1ccccc1. The number of hydrogen-bond donors (Lipinski definition) is 3. The highest BCUT2D eigenvalue weighted by Crippen LogP contribution is 2.52. The summed E-state index contributed by atoms with van der Waals surface area (Å²) in [6.07, 6.45) is -1.48. The topological polar surface area (TPSA) is 181 Å². The van der Waals surface area contributed by atoms with Gasteiger partial charge in [0.25, 0.3) is 5.56 Å². The summed E-state index contributed by atoms with van der Waals surface area (Å²) in [5.41, 5.74) is 6.30. The van der Waals surface area contributed by atoms with Crippen LogP contribution in [0.2, 0.25) is 0 Å². The third-order valence-corrected chi connectivity index (χ3v) is 9.52. The van der Waals surface area contributed by atoms with Crippen molar-refractivity contribution in [2.45, 2.75) is 38.4 Å². The van der Waals surface area contributed by atoms with Gasteiger partial charge < -0.3 is 24.8 Å². The van der Waals surface area contributed by atoms with Gasteiger partial charge in [0.05, 0.1) is 31.1 Å². The lowest BCUT2D eigenvalue weighted by Gasteiger charge is -2.24. The normalized spacial score (nSPS) is 20.2. The van der Waals surface area contributed by atoms with Gasteiger partial charge in [-0.3, -0.25) is 23.7 Å². The van der Waals surface area contributed by atoms with Gasteiger partial charge in [-0.1, -0.05) is 73.7 Å². The monoisotopic (exact) mass is 633 g/mol. The van der Waals surface area contributed by atoms with Gasteiger partial charge in [0, 0.05) is 11.8 Å². The molecule has 14 heteroatoms. The number of benzene rings is 3. The lowest BCUT2D eigenvalue weighted by molar-refractivity contribution is -0.148. The number of aliphatic hydroxyl groups is 1. The van der Waals surface area contributed by atoms with Crippen LogP contribution < -0.4 is 15.8 Å². The maximum atomic E-state index is 14.4. The average Bonchev–Trinajstić information content (AvgIpc) is 3.62. The number of fused-ring (bicyclic) bond motifs is 2. The Morgan fingerprint density at radius 1 is 1.16 bits per heavy atom. The van der Waals surface area contributed by atoms with Gasteiger partial charge in [-0.25, -0.2) is 9.55 Å². The Bertz CT molecular complexity index is 1920. The predicted octanol–water partition coefficient (Wildman–Crippen LogP) is 4.17. The summed E-state index contributed by atoms with van der Waals surface area (Å²) in [7, 11) is -4.05. The van der Waals surface area contributed by atoms with Gasteiger partial charge in [-0.15, -0.1) is 0 Å². The number of carbonyl (C=O) groups is 1. The Balaban J connectivity index is 1.19. The molecule has 4 N–H and O–H groups in total. The number of nitrogens with one attached hydrogen (secondary N) is 1. The first-order chi connectivity index (χ1) is 21.7. The third-order valence-electron chi connectivity index (χ3n) is 7.51. The molecule has 1 aliphatic heterocycles. The fourth-order valence-corrected chi connectivity index (χ4v) is 7.08. The summed E-state index contributed by atoms with van der Waals surface area (Å²) in [4.78, 5) is 35.8. The second-order valence-electron chi connectivity index (χ2n) is 10.9. The van der Waals surface area contributed by atoms with E-state index in [-0.39, 0.29) is 42.9 Å². The molecule has 6 rings (SSSR count). The first kappa shape index (κ1) is 30.5. The number of imidazole rings is 1. The highest BCUT2D eigenvalue weighted by atomic mass is 31.2. The maximum Gasteiger partial charge on any atom is 0.380 e. The molecule has 1 fully saturated rings. The molecule has 234 valence electrons. The van der Waals surface area contributed by atoms with Crippen LogP contribution in [-0.4, -0.2) is 55.6 Å². The molecule has 0 amide bonds. The Kier molecular flexibility index (Phi) is 8.68. The lowest BCUT2D eigenvalue weighted by Crippen LogP contribution is -2.27. The number of nitrogen functional groups attached to an aromatic ring is 1. The third kappa shape index (κ3) is 6.76. The minimum atomic E-state index is -4.05. The fourth-order valence-electron chi connectivity index (χ4n) is 5.20. The largest absolute Gasteiger partial charge is 0.461 e. The predicted molar refractivity (Wildman–Crippen MR) is 165 cm³/mol. The number of esters is 1. The Morgan fingerprint density at radius 2 is 1.91 bits per heavy atom. The molecule has 0 saturated carbocycles. The zero-order valence-corrected chi connectivity index (χ0v) is 25.2. The van der Waals surface area contributed by atoms with E-state index in [1.165, 1.54) is 10.9 Å². The standard InChI is InChI=1S/C31H32N5O8P/c1-19(30(39)41-15-20-8-3-2-4-9-20)17-45(40,44-24-13-7-11-21-10-5-6-12-22(21)24)42-16-25-23(37)14-26(43-25)36-18-33-27-28(36)34-31(32)35-29(27)38/h2-13,18-19,23,25-26,37H,14-17H2,1H3,(H3,32,34,35,38)/t19-,23?,25-,26-,45?/m1/s1. The molecular weight excluding hydrogens is 601 g/mol. The van der Waals surface area contributed by atoms with Crippen LogP contribution >= 0.6 is 7.60 Å². The highest BCUT2D eigenvalue weighted by molar-refractivity contribution is 7.54. The Morgan fingerprint density at radius 3 is 2.73 bits per heavy atom. The number of H-pyrrole nitrogens is 1. The smallest absolute Gasteiger partial charge is 0.380 e. The van der Waals surface area contributed by atoms with Gasteiger partial charge in [0.2, 0.25) is 5.95 Å². The first-order valence-corrected chi connectivity index (χ1v) is 16.1.